The number of thiol groups is 2. The Hall–Kier alpha value is -1.66. The predicted molar refractivity (Wildman–Crippen MR) is 153 cm³/mol. The topological polar surface area (TPSA) is 24.1 Å². The maximum absolute atomic E-state index is 6.43. The summed E-state index contributed by atoms with van der Waals surface area (Å²) in [5, 5.41) is 9.18. The van der Waals surface area contributed by atoms with Gasteiger partial charge in [-0.15, -0.1) is 25.3 Å². The normalized spacial score (nSPS) is 12.8. The van der Waals surface area contributed by atoms with Crippen molar-refractivity contribution < 1.29 is 0 Å². The molecule has 2 unspecified atom stereocenters. The van der Waals surface area contributed by atoms with Crippen LogP contribution in [0.15, 0.2) is 94.7 Å². The van der Waals surface area contributed by atoms with Gasteiger partial charge in [0.2, 0.25) is 0 Å². The minimum atomic E-state index is -0.298. The van der Waals surface area contributed by atoms with E-state index in [1.807, 2.05) is 72.8 Å². The molecule has 4 rings (SSSR count). The van der Waals surface area contributed by atoms with Crippen molar-refractivity contribution in [1.29, 1.82) is 0 Å². The van der Waals surface area contributed by atoms with Crippen LogP contribution in [0.4, 0.5) is 11.4 Å². The predicted octanol–water partition coefficient (Wildman–Crippen LogP) is 9.88. The van der Waals surface area contributed by atoms with E-state index in [9.17, 15) is 0 Å². The Morgan fingerprint density at radius 3 is 1.24 bits per heavy atom. The molecule has 0 aliphatic rings. The average molecular weight is 566 g/mol. The van der Waals surface area contributed by atoms with Gasteiger partial charge in [0.15, 0.2) is 0 Å². The molecule has 34 heavy (non-hydrogen) atoms. The molecule has 174 valence electrons. The molecule has 8 heteroatoms. The first kappa shape index (κ1) is 25.4. The molecule has 4 aromatic carbocycles. The van der Waals surface area contributed by atoms with Gasteiger partial charge in [0, 0.05) is 21.2 Å². The molecule has 0 aliphatic carbocycles. The Labute approximate surface area is 230 Å². The Kier molecular flexibility index (Phi) is 8.52. The fraction of sp³-hybridized carbons (Fsp3) is 0.0769. The van der Waals surface area contributed by atoms with Crippen molar-refractivity contribution in [2.24, 2.45) is 0 Å². The van der Waals surface area contributed by atoms with E-state index in [2.05, 4.69) is 35.9 Å². The van der Waals surface area contributed by atoms with Gasteiger partial charge < -0.3 is 10.6 Å². The van der Waals surface area contributed by atoms with Crippen LogP contribution in [0.2, 0.25) is 20.1 Å². The van der Waals surface area contributed by atoms with Gasteiger partial charge in [-0.25, -0.2) is 0 Å². The molecule has 0 aromatic heterocycles. The summed E-state index contributed by atoms with van der Waals surface area (Å²) in [5.41, 5.74) is 3.58. The van der Waals surface area contributed by atoms with E-state index in [4.69, 9.17) is 46.4 Å². The molecule has 0 heterocycles. The van der Waals surface area contributed by atoms with Crippen molar-refractivity contribution in [3.05, 3.63) is 116 Å². The summed E-state index contributed by atoms with van der Waals surface area (Å²) in [7, 11) is 0. The number of hydrogen-bond acceptors (Lipinski definition) is 4. The summed E-state index contributed by atoms with van der Waals surface area (Å²) in [6, 6.07) is 26.2. The Balaban J connectivity index is 1.88. The molecule has 0 bridgehead atoms. The number of hydrogen-bond donors (Lipinski definition) is 4. The van der Waals surface area contributed by atoms with Gasteiger partial charge in [-0.3, -0.25) is 0 Å². The molecular formula is C26H20Cl4N2S2. The first-order valence-electron chi connectivity index (χ1n) is 10.3. The summed E-state index contributed by atoms with van der Waals surface area (Å²) in [5.74, 6) is 0. The van der Waals surface area contributed by atoms with Gasteiger partial charge in [0.05, 0.1) is 32.2 Å². The minimum Gasteiger partial charge on any atom is -0.375 e. The maximum Gasteiger partial charge on any atom is 0.0758 e. The molecule has 2 N–H and O–H groups in total. The lowest BCUT2D eigenvalue weighted by atomic mass is 9.92. The highest BCUT2D eigenvalue weighted by Gasteiger charge is 2.27. The third-order valence-electron chi connectivity index (χ3n) is 5.37. The number of anilines is 2. The van der Waals surface area contributed by atoms with Crippen molar-refractivity contribution in [3.8, 4) is 0 Å². The highest BCUT2D eigenvalue weighted by atomic mass is 35.5. The number of nitrogens with one attached hydrogen (secondary N) is 2. The molecule has 0 spiro atoms. The van der Waals surface area contributed by atoms with Gasteiger partial charge >= 0.3 is 0 Å². The molecule has 2 atom stereocenters. The van der Waals surface area contributed by atoms with E-state index >= 15 is 0 Å². The number of rotatable bonds is 7. The minimum absolute atomic E-state index is 0.298. The number of halogens is 4. The fourth-order valence-electron chi connectivity index (χ4n) is 3.66. The molecule has 0 amide bonds. The third kappa shape index (κ3) is 5.93. The molecule has 0 saturated heterocycles. The van der Waals surface area contributed by atoms with Crippen LogP contribution >= 0.6 is 71.7 Å². The van der Waals surface area contributed by atoms with Gasteiger partial charge in [0.1, 0.15) is 0 Å². The van der Waals surface area contributed by atoms with Crippen LogP contribution in [0.1, 0.15) is 23.2 Å². The van der Waals surface area contributed by atoms with E-state index < -0.39 is 0 Å². The van der Waals surface area contributed by atoms with Crippen LogP contribution in [0, 0.1) is 0 Å². The molecule has 4 aromatic rings. The third-order valence-corrected chi connectivity index (χ3v) is 7.63. The van der Waals surface area contributed by atoms with Crippen LogP contribution in [0.25, 0.3) is 0 Å². The highest BCUT2D eigenvalue weighted by Crippen LogP contribution is 2.40. The first-order valence-corrected chi connectivity index (χ1v) is 12.7. The second-order valence-electron chi connectivity index (χ2n) is 7.63. The summed E-state index contributed by atoms with van der Waals surface area (Å²) >= 11 is 34.6. The zero-order valence-electron chi connectivity index (χ0n) is 17.6. The molecular weight excluding hydrogens is 546 g/mol. The molecule has 0 saturated carbocycles. The fourth-order valence-corrected chi connectivity index (χ4v) is 4.72. The lowest BCUT2D eigenvalue weighted by Gasteiger charge is -2.32. The summed E-state index contributed by atoms with van der Waals surface area (Å²) in [6.45, 7) is 0. The summed E-state index contributed by atoms with van der Waals surface area (Å²) in [6.07, 6.45) is 0. The zero-order chi connectivity index (χ0) is 24.2. The lowest BCUT2D eigenvalue weighted by Crippen LogP contribution is -2.26. The van der Waals surface area contributed by atoms with E-state index in [0.717, 1.165) is 32.3 Å². The first-order chi connectivity index (χ1) is 16.3. The van der Waals surface area contributed by atoms with Crippen LogP contribution in [-0.2, 0) is 0 Å². The zero-order valence-corrected chi connectivity index (χ0v) is 22.5. The highest BCUT2D eigenvalue weighted by molar-refractivity contribution is 7.80. The van der Waals surface area contributed by atoms with E-state index in [-0.39, 0.29) is 12.1 Å². The number of benzene rings is 4. The lowest BCUT2D eigenvalue weighted by molar-refractivity contribution is 0.647. The Morgan fingerprint density at radius 2 is 0.882 bits per heavy atom. The van der Waals surface area contributed by atoms with E-state index in [1.54, 1.807) is 12.1 Å². The molecule has 0 aliphatic heterocycles. The van der Waals surface area contributed by atoms with Crippen molar-refractivity contribution in [2.75, 3.05) is 10.6 Å². The Bertz CT molecular complexity index is 1210. The largest absolute Gasteiger partial charge is 0.375 e. The van der Waals surface area contributed by atoms with Crippen LogP contribution in [-0.4, -0.2) is 0 Å². The second-order valence-corrected chi connectivity index (χ2v) is 10.2. The quantitative estimate of drug-likeness (QED) is 0.168. The smallest absolute Gasteiger partial charge is 0.0758 e. The van der Waals surface area contributed by atoms with Gasteiger partial charge in [-0.1, -0.05) is 82.8 Å². The van der Waals surface area contributed by atoms with Crippen molar-refractivity contribution in [1.82, 2.24) is 0 Å². The second kappa shape index (κ2) is 11.4. The standard InChI is InChI=1S/C26H20Cl4N2S2/c27-17-11-9-15(13-19(17)29)25(31-21-5-1-3-7-23(21)33)26(16-10-12-18(28)20(30)14-16)32-22-6-2-4-8-24(22)34/h1-14,25-26,31-34H. The van der Waals surface area contributed by atoms with Crippen LogP contribution in [0.3, 0.4) is 0 Å². The Morgan fingerprint density at radius 1 is 0.500 bits per heavy atom. The van der Waals surface area contributed by atoms with Gasteiger partial charge in [0.25, 0.3) is 0 Å². The van der Waals surface area contributed by atoms with Crippen LogP contribution in [0.5, 0.6) is 0 Å². The summed E-state index contributed by atoms with van der Waals surface area (Å²) < 4.78 is 0. The van der Waals surface area contributed by atoms with Gasteiger partial charge in [-0.05, 0) is 59.7 Å². The molecule has 0 radical (unpaired) electrons. The molecule has 0 fully saturated rings. The van der Waals surface area contributed by atoms with Crippen molar-refractivity contribution in [3.63, 3.8) is 0 Å². The number of para-hydroxylation sites is 2. The maximum atomic E-state index is 6.43. The molecule has 2 nitrogen and oxygen atoms in total. The van der Waals surface area contributed by atoms with Gasteiger partial charge in [-0.2, -0.15) is 0 Å². The van der Waals surface area contributed by atoms with E-state index in [1.165, 1.54) is 0 Å². The van der Waals surface area contributed by atoms with Crippen LogP contribution < -0.4 is 10.6 Å². The van der Waals surface area contributed by atoms with Crippen molar-refractivity contribution >= 4 is 83.0 Å². The SMILES string of the molecule is Sc1ccccc1NC(c1ccc(Cl)c(Cl)c1)C(Nc1ccccc1S)c1ccc(Cl)c(Cl)c1. The van der Waals surface area contributed by atoms with Crippen molar-refractivity contribution in [2.45, 2.75) is 21.9 Å². The van der Waals surface area contributed by atoms with E-state index in [0.29, 0.717) is 20.1 Å². The monoisotopic (exact) mass is 564 g/mol. The summed E-state index contributed by atoms with van der Waals surface area (Å²) in [4.78, 5) is 1.63. The average Bonchev–Trinajstić information content (AvgIpc) is 2.82.